The number of halogens is 1. The quantitative estimate of drug-likeness (QED) is 0.733. The van der Waals surface area contributed by atoms with Crippen LogP contribution in [0.4, 0.5) is 10.1 Å². The maximum Gasteiger partial charge on any atom is 0.230 e. The number of likely N-dealkylation sites (tertiary alicyclic amines) is 1. The highest BCUT2D eigenvalue weighted by atomic mass is 19.1. The minimum absolute atomic E-state index is 0.0944. The zero-order valence-corrected chi connectivity index (χ0v) is 15.6. The molecule has 1 N–H and O–H groups in total. The number of nitrogens with zero attached hydrogens (tertiary/aromatic N) is 4. The smallest absolute Gasteiger partial charge is 0.230 e. The van der Waals surface area contributed by atoms with Gasteiger partial charge in [-0.25, -0.2) is 14.4 Å². The van der Waals surface area contributed by atoms with E-state index in [1.54, 1.807) is 35.0 Å². The number of carbonyl (C=O) groups is 1. The van der Waals surface area contributed by atoms with Crippen LogP contribution in [0.25, 0.3) is 5.65 Å². The molecule has 0 aromatic carbocycles. The number of hydrogen-bond acceptors (Lipinski definition) is 5. The van der Waals surface area contributed by atoms with Crippen molar-refractivity contribution in [3.05, 3.63) is 54.4 Å². The van der Waals surface area contributed by atoms with Gasteiger partial charge in [-0.3, -0.25) is 4.79 Å². The highest BCUT2D eigenvalue weighted by Gasteiger charge is 2.18. The van der Waals surface area contributed by atoms with Crippen molar-refractivity contribution in [1.82, 2.24) is 19.3 Å². The third-order valence-corrected chi connectivity index (χ3v) is 4.78. The number of ether oxygens (including phenoxy) is 1. The molecule has 3 aromatic heterocycles. The van der Waals surface area contributed by atoms with Crippen LogP contribution >= 0.6 is 0 Å². The lowest BCUT2D eigenvalue weighted by atomic mass is 10.1. The van der Waals surface area contributed by atoms with Crippen LogP contribution in [0.3, 0.4) is 0 Å². The number of anilines is 1. The van der Waals surface area contributed by atoms with Gasteiger partial charge in [-0.15, -0.1) is 0 Å². The Morgan fingerprint density at radius 2 is 2.07 bits per heavy atom. The Bertz CT molecular complexity index is 964. The molecule has 1 saturated heterocycles. The highest BCUT2D eigenvalue weighted by Crippen LogP contribution is 2.18. The summed E-state index contributed by atoms with van der Waals surface area (Å²) in [5.41, 5.74) is 1.76. The fraction of sp³-hybridized carbons (Fsp3) is 0.350. The van der Waals surface area contributed by atoms with Gasteiger partial charge in [-0.2, -0.15) is 0 Å². The first kappa shape index (κ1) is 18.4. The Morgan fingerprint density at radius 3 is 2.82 bits per heavy atom. The first-order valence-corrected chi connectivity index (χ1v) is 9.29. The molecule has 8 heteroatoms. The molecule has 28 heavy (non-hydrogen) atoms. The van der Waals surface area contributed by atoms with Gasteiger partial charge in [0.2, 0.25) is 11.8 Å². The predicted octanol–water partition coefficient (Wildman–Crippen LogP) is 2.52. The van der Waals surface area contributed by atoms with Gasteiger partial charge >= 0.3 is 0 Å². The van der Waals surface area contributed by atoms with Crippen LogP contribution < -0.4 is 10.1 Å². The van der Waals surface area contributed by atoms with E-state index in [2.05, 4.69) is 27.2 Å². The molecule has 146 valence electrons. The number of fused-ring (bicyclic) bond motifs is 1. The molecule has 4 rings (SSSR count). The first-order chi connectivity index (χ1) is 13.5. The third kappa shape index (κ3) is 4.45. The standard InChI is InChI=1S/C20H22FN5O2/c1-25-8-6-17(7-9-25)28-20-5-3-15(11-22-20)24-19(27)10-16-13-26-12-14(21)2-4-18(26)23-16/h2-5,11-13,17H,6-10H2,1H3,(H,24,27). The number of amides is 1. The van der Waals surface area contributed by atoms with Crippen LogP contribution in [-0.4, -0.2) is 51.4 Å². The molecule has 1 aliphatic rings. The Kier molecular flexibility index (Phi) is 5.21. The van der Waals surface area contributed by atoms with Gasteiger partial charge in [0.05, 0.1) is 24.0 Å². The Morgan fingerprint density at radius 1 is 1.25 bits per heavy atom. The molecule has 0 aliphatic carbocycles. The highest BCUT2D eigenvalue weighted by molar-refractivity contribution is 5.91. The maximum absolute atomic E-state index is 13.2. The lowest BCUT2D eigenvalue weighted by Crippen LogP contribution is -2.35. The van der Waals surface area contributed by atoms with Crippen molar-refractivity contribution < 1.29 is 13.9 Å². The first-order valence-electron chi connectivity index (χ1n) is 9.29. The van der Waals surface area contributed by atoms with E-state index >= 15 is 0 Å². The molecule has 0 unspecified atom stereocenters. The van der Waals surface area contributed by atoms with Crippen molar-refractivity contribution in [2.24, 2.45) is 0 Å². The van der Waals surface area contributed by atoms with E-state index in [0.717, 1.165) is 25.9 Å². The number of hydrogen-bond donors (Lipinski definition) is 1. The average molecular weight is 383 g/mol. The minimum Gasteiger partial charge on any atom is -0.474 e. The summed E-state index contributed by atoms with van der Waals surface area (Å²) in [7, 11) is 2.11. The Labute approximate surface area is 162 Å². The topological polar surface area (TPSA) is 71.8 Å². The number of pyridine rings is 2. The van der Waals surface area contributed by atoms with Gasteiger partial charge in [0.1, 0.15) is 17.6 Å². The Hall–Kier alpha value is -3.00. The monoisotopic (exact) mass is 383 g/mol. The fourth-order valence-corrected chi connectivity index (χ4v) is 3.27. The SMILES string of the molecule is CN1CCC(Oc2ccc(NC(=O)Cc3cn4cc(F)ccc4n3)cn2)CC1. The molecule has 0 saturated carbocycles. The van der Waals surface area contributed by atoms with Gasteiger partial charge in [0, 0.05) is 31.5 Å². The molecule has 0 spiro atoms. The van der Waals surface area contributed by atoms with Crippen molar-refractivity contribution in [2.45, 2.75) is 25.4 Å². The number of aromatic nitrogens is 3. The van der Waals surface area contributed by atoms with E-state index in [1.165, 1.54) is 12.3 Å². The van der Waals surface area contributed by atoms with Crippen molar-refractivity contribution in [2.75, 3.05) is 25.5 Å². The molecule has 0 bridgehead atoms. The number of imidazole rings is 1. The largest absolute Gasteiger partial charge is 0.474 e. The van der Waals surface area contributed by atoms with Gasteiger partial charge in [-0.05, 0) is 38.1 Å². The second-order valence-corrected chi connectivity index (χ2v) is 7.08. The minimum atomic E-state index is -0.352. The summed E-state index contributed by atoms with van der Waals surface area (Å²) in [6, 6.07) is 6.45. The number of rotatable bonds is 5. The van der Waals surface area contributed by atoms with E-state index in [-0.39, 0.29) is 24.2 Å². The lowest BCUT2D eigenvalue weighted by molar-refractivity contribution is -0.115. The van der Waals surface area contributed by atoms with Crippen molar-refractivity contribution in [3.63, 3.8) is 0 Å². The van der Waals surface area contributed by atoms with E-state index in [1.807, 2.05) is 0 Å². The van der Waals surface area contributed by atoms with Gasteiger partial charge in [0.25, 0.3) is 0 Å². The second kappa shape index (κ2) is 7.93. The maximum atomic E-state index is 13.2. The van der Waals surface area contributed by atoms with Crippen molar-refractivity contribution in [3.8, 4) is 5.88 Å². The van der Waals surface area contributed by atoms with Crippen molar-refractivity contribution >= 4 is 17.2 Å². The van der Waals surface area contributed by atoms with Gasteiger partial charge < -0.3 is 19.4 Å². The zero-order valence-electron chi connectivity index (χ0n) is 15.6. The fourth-order valence-electron chi connectivity index (χ4n) is 3.27. The van der Waals surface area contributed by atoms with Crippen LogP contribution in [0, 0.1) is 5.82 Å². The summed E-state index contributed by atoms with van der Waals surface area (Å²) in [4.78, 5) is 23.1. The summed E-state index contributed by atoms with van der Waals surface area (Å²) in [5.74, 6) is -0.000810. The molecule has 7 nitrogen and oxygen atoms in total. The molecule has 1 aliphatic heterocycles. The zero-order chi connectivity index (χ0) is 19.5. The third-order valence-electron chi connectivity index (χ3n) is 4.78. The molecular formula is C20H22FN5O2. The van der Waals surface area contributed by atoms with E-state index in [9.17, 15) is 9.18 Å². The van der Waals surface area contributed by atoms with E-state index < -0.39 is 0 Å². The molecule has 1 fully saturated rings. The number of nitrogens with one attached hydrogen (secondary N) is 1. The normalized spacial score (nSPS) is 15.6. The van der Waals surface area contributed by atoms with Gasteiger partial charge in [0.15, 0.2) is 0 Å². The van der Waals surface area contributed by atoms with Crippen LogP contribution in [-0.2, 0) is 11.2 Å². The summed E-state index contributed by atoms with van der Waals surface area (Å²) < 4.78 is 20.7. The predicted molar refractivity (Wildman–Crippen MR) is 103 cm³/mol. The Balaban J connectivity index is 1.32. The number of piperidine rings is 1. The van der Waals surface area contributed by atoms with Crippen LogP contribution in [0.5, 0.6) is 5.88 Å². The van der Waals surface area contributed by atoms with Gasteiger partial charge in [-0.1, -0.05) is 0 Å². The molecule has 4 heterocycles. The molecule has 3 aromatic rings. The lowest BCUT2D eigenvalue weighted by Gasteiger charge is -2.28. The van der Waals surface area contributed by atoms with Crippen LogP contribution in [0.15, 0.2) is 42.9 Å². The van der Waals surface area contributed by atoms with Crippen LogP contribution in [0.1, 0.15) is 18.5 Å². The second-order valence-electron chi connectivity index (χ2n) is 7.08. The average Bonchev–Trinajstić information content (AvgIpc) is 3.06. The van der Waals surface area contributed by atoms with Crippen molar-refractivity contribution in [1.29, 1.82) is 0 Å². The molecule has 0 atom stereocenters. The van der Waals surface area contributed by atoms with E-state index in [0.29, 0.717) is 22.9 Å². The van der Waals surface area contributed by atoms with E-state index in [4.69, 9.17) is 4.74 Å². The van der Waals surface area contributed by atoms with Crippen LogP contribution in [0.2, 0.25) is 0 Å². The summed E-state index contributed by atoms with van der Waals surface area (Å²) in [5, 5.41) is 2.80. The summed E-state index contributed by atoms with van der Waals surface area (Å²) >= 11 is 0. The molecule has 1 amide bonds. The number of carbonyl (C=O) groups excluding carboxylic acids is 1. The summed E-state index contributed by atoms with van der Waals surface area (Å²) in [6.07, 6.45) is 6.81. The molecule has 0 radical (unpaired) electrons. The molecular weight excluding hydrogens is 361 g/mol. The summed E-state index contributed by atoms with van der Waals surface area (Å²) in [6.45, 7) is 2.04.